The number of nitrogens with zero attached hydrogens (tertiary/aromatic N) is 3. The Balaban J connectivity index is 1.57. The number of rotatable bonds is 5. The fourth-order valence-electron chi connectivity index (χ4n) is 2.55. The zero-order valence-corrected chi connectivity index (χ0v) is 15.9. The SMILES string of the molecule is Cc1cc2c(Nc3ccc(S(=O)(=O)Nc4ccccn4)cc3)ncnc2s1. The average molecular weight is 397 g/mol. The monoisotopic (exact) mass is 397 g/mol. The molecule has 0 aliphatic rings. The van der Waals surface area contributed by atoms with E-state index in [0.717, 1.165) is 20.8 Å². The molecular formula is C18H15N5O2S2. The molecule has 7 nitrogen and oxygen atoms in total. The van der Waals surface area contributed by atoms with Crippen molar-refractivity contribution in [3.8, 4) is 0 Å². The summed E-state index contributed by atoms with van der Waals surface area (Å²) < 4.78 is 27.4. The Labute approximate surface area is 160 Å². The second kappa shape index (κ2) is 6.93. The van der Waals surface area contributed by atoms with Gasteiger partial charge in [0.25, 0.3) is 10.0 Å². The van der Waals surface area contributed by atoms with Crippen molar-refractivity contribution in [1.82, 2.24) is 15.0 Å². The molecule has 1 aromatic carbocycles. The highest BCUT2D eigenvalue weighted by molar-refractivity contribution is 7.92. The van der Waals surface area contributed by atoms with Crippen molar-refractivity contribution in [2.75, 3.05) is 10.0 Å². The van der Waals surface area contributed by atoms with Crippen LogP contribution in [0.3, 0.4) is 0 Å². The molecule has 0 fully saturated rings. The van der Waals surface area contributed by atoms with Crippen LogP contribution in [0.25, 0.3) is 10.2 Å². The van der Waals surface area contributed by atoms with Crippen molar-refractivity contribution in [1.29, 1.82) is 0 Å². The summed E-state index contributed by atoms with van der Waals surface area (Å²) in [5.41, 5.74) is 0.732. The van der Waals surface area contributed by atoms with E-state index in [9.17, 15) is 8.42 Å². The maximum atomic E-state index is 12.5. The van der Waals surface area contributed by atoms with Crippen LogP contribution in [0.15, 0.2) is 66.0 Å². The highest BCUT2D eigenvalue weighted by Crippen LogP contribution is 2.29. The molecule has 2 N–H and O–H groups in total. The van der Waals surface area contributed by atoms with Crippen LogP contribution in [-0.4, -0.2) is 23.4 Å². The van der Waals surface area contributed by atoms with Gasteiger partial charge in [-0.25, -0.2) is 23.4 Å². The standard InChI is InChI=1S/C18H15N5O2S2/c1-12-10-15-17(20-11-21-18(15)26-12)22-13-5-7-14(8-6-13)27(24,25)23-16-4-2-3-9-19-16/h2-11H,1H3,(H,19,23)(H,20,21,22). The van der Waals surface area contributed by atoms with E-state index >= 15 is 0 Å². The van der Waals surface area contributed by atoms with Crippen molar-refractivity contribution < 1.29 is 8.42 Å². The van der Waals surface area contributed by atoms with E-state index in [1.807, 2.05) is 13.0 Å². The fraction of sp³-hybridized carbons (Fsp3) is 0.0556. The molecule has 0 spiro atoms. The number of hydrogen-bond acceptors (Lipinski definition) is 7. The minimum absolute atomic E-state index is 0.151. The van der Waals surface area contributed by atoms with Crippen LogP contribution < -0.4 is 10.0 Å². The predicted molar refractivity (Wildman–Crippen MR) is 107 cm³/mol. The van der Waals surface area contributed by atoms with Crippen molar-refractivity contribution in [2.24, 2.45) is 0 Å². The third-order valence-electron chi connectivity index (χ3n) is 3.78. The number of nitrogens with one attached hydrogen (secondary N) is 2. The maximum Gasteiger partial charge on any atom is 0.263 e. The number of aromatic nitrogens is 3. The largest absolute Gasteiger partial charge is 0.340 e. The Hall–Kier alpha value is -3.04. The molecule has 0 amide bonds. The first-order valence-corrected chi connectivity index (χ1v) is 10.3. The average Bonchev–Trinajstić information content (AvgIpc) is 3.04. The van der Waals surface area contributed by atoms with Gasteiger partial charge in [-0.3, -0.25) is 4.72 Å². The van der Waals surface area contributed by atoms with Gasteiger partial charge in [-0.15, -0.1) is 11.3 Å². The molecule has 0 unspecified atom stereocenters. The van der Waals surface area contributed by atoms with Crippen LogP contribution in [-0.2, 0) is 10.0 Å². The molecule has 4 rings (SSSR count). The van der Waals surface area contributed by atoms with Gasteiger partial charge >= 0.3 is 0 Å². The smallest absolute Gasteiger partial charge is 0.263 e. The molecule has 136 valence electrons. The second-order valence-corrected chi connectivity index (χ2v) is 8.69. The number of sulfonamides is 1. The second-order valence-electron chi connectivity index (χ2n) is 5.77. The first-order chi connectivity index (χ1) is 13.0. The van der Waals surface area contributed by atoms with Crippen LogP contribution in [0.2, 0.25) is 0 Å². The van der Waals surface area contributed by atoms with Gasteiger partial charge in [0.15, 0.2) is 0 Å². The molecule has 0 radical (unpaired) electrons. The molecule has 9 heteroatoms. The van der Waals surface area contributed by atoms with Crippen molar-refractivity contribution in [2.45, 2.75) is 11.8 Å². The number of aryl methyl sites for hydroxylation is 1. The first-order valence-electron chi connectivity index (χ1n) is 8.03. The Morgan fingerprint density at radius 2 is 1.81 bits per heavy atom. The summed E-state index contributed by atoms with van der Waals surface area (Å²) in [6.07, 6.45) is 3.04. The van der Waals surface area contributed by atoms with Gasteiger partial charge in [0, 0.05) is 16.8 Å². The Bertz CT molecular complexity index is 1190. The number of fused-ring (bicyclic) bond motifs is 1. The fourth-order valence-corrected chi connectivity index (χ4v) is 4.41. The third kappa shape index (κ3) is 3.74. The summed E-state index contributed by atoms with van der Waals surface area (Å²) >= 11 is 1.60. The lowest BCUT2D eigenvalue weighted by atomic mass is 10.3. The summed E-state index contributed by atoms with van der Waals surface area (Å²) in [7, 11) is -3.70. The maximum absolute atomic E-state index is 12.5. The van der Waals surface area contributed by atoms with Crippen LogP contribution in [0, 0.1) is 6.92 Å². The van der Waals surface area contributed by atoms with Gasteiger partial charge in [0.05, 0.1) is 10.3 Å². The summed E-state index contributed by atoms with van der Waals surface area (Å²) in [6.45, 7) is 2.02. The van der Waals surface area contributed by atoms with E-state index < -0.39 is 10.0 Å². The zero-order valence-electron chi connectivity index (χ0n) is 14.2. The third-order valence-corrected chi connectivity index (χ3v) is 6.11. The van der Waals surface area contributed by atoms with E-state index in [-0.39, 0.29) is 10.7 Å². The predicted octanol–water partition coefficient (Wildman–Crippen LogP) is 3.94. The van der Waals surface area contributed by atoms with Crippen molar-refractivity contribution in [3.63, 3.8) is 0 Å². The summed E-state index contributed by atoms with van der Waals surface area (Å²) in [5, 5.41) is 4.16. The van der Waals surface area contributed by atoms with Gasteiger partial charge in [0.2, 0.25) is 0 Å². The number of pyridine rings is 1. The van der Waals surface area contributed by atoms with Gasteiger partial charge in [0.1, 0.15) is 22.8 Å². The van der Waals surface area contributed by atoms with E-state index in [2.05, 4.69) is 25.0 Å². The number of benzene rings is 1. The van der Waals surface area contributed by atoms with Crippen LogP contribution >= 0.6 is 11.3 Å². The van der Waals surface area contributed by atoms with Crippen molar-refractivity contribution in [3.05, 3.63) is 65.9 Å². The molecule has 27 heavy (non-hydrogen) atoms. The summed E-state index contributed by atoms with van der Waals surface area (Å²) in [5.74, 6) is 0.961. The minimum atomic E-state index is -3.70. The van der Waals surface area contributed by atoms with Gasteiger partial charge in [-0.2, -0.15) is 0 Å². The van der Waals surface area contributed by atoms with Crippen molar-refractivity contribution >= 4 is 48.9 Å². The molecular weight excluding hydrogens is 382 g/mol. The first kappa shape index (κ1) is 17.4. The Morgan fingerprint density at radius 3 is 2.56 bits per heavy atom. The summed E-state index contributed by atoms with van der Waals surface area (Å²) in [6, 6.07) is 13.5. The Morgan fingerprint density at radius 1 is 1.00 bits per heavy atom. The molecule has 0 saturated heterocycles. The normalized spacial score (nSPS) is 11.4. The molecule has 0 aliphatic carbocycles. The van der Waals surface area contributed by atoms with Gasteiger partial charge in [-0.05, 0) is 49.4 Å². The molecule has 3 heterocycles. The van der Waals surface area contributed by atoms with Crippen LogP contribution in [0.5, 0.6) is 0 Å². The molecule has 0 atom stereocenters. The lowest BCUT2D eigenvalue weighted by Crippen LogP contribution is -2.13. The Kier molecular flexibility index (Phi) is 4.46. The number of thiophene rings is 1. The highest BCUT2D eigenvalue weighted by atomic mass is 32.2. The molecule has 0 bridgehead atoms. The number of hydrogen-bond donors (Lipinski definition) is 2. The molecule has 0 saturated carbocycles. The molecule has 4 aromatic rings. The van der Waals surface area contributed by atoms with Crippen LogP contribution in [0.4, 0.5) is 17.3 Å². The highest BCUT2D eigenvalue weighted by Gasteiger charge is 2.15. The van der Waals surface area contributed by atoms with E-state index in [1.54, 1.807) is 41.7 Å². The lowest BCUT2D eigenvalue weighted by molar-refractivity contribution is 0.601. The zero-order chi connectivity index (χ0) is 18.9. The summed E-state index contributed by atoms with van der Waals surface area (Å²) in [4.78, 5) is 14.7. The lowest BCUT2D eigenvalue weighted by Gasteiger charge is -2.09. The molecule has 3 aromatic heterocycles. The van der Waals surface area contributed by atoms with Crippen LogP contribution in [0.1, 0.15) is 4.88 Å². The number of anilines is 3. The van der Waals surface area contributed by atoms with E-state index in [0.29, 0.717) is 5.82 Å². The van der Waals surface area contributed by atoms with Gasteiger partial charge < -0.3 is 5.32 Å². The van der Waals surface area contributed by atoms with E-state index in [4.69, 9.17) is 0 Å². The molecule has 0 aliphatic heterocycles. The minimum Gasteiger partial charge on any atom is -0.340 e. The quantitative estimate of drug-likeness (QED) is 0.529. The van der Waals surface area contributed by atoms with Gasteiger partial charge in [-0.1, -0.05) is 6.07 Å². The topological polar surface area (TPSA) is 96.9 Å². The van der Waals surface area contributed by atoms with E-state index in [1.165, 1.54) is 24.7 Å².